The summed E-state index contributed by atoms with van der Waals surface area (Å²) >= 11 is 0. The number of piperazine rings is 1. The Morgan fingerprint density at radius 1 is 1.12 bits per heavy atom. The van der Waals surface area contributed by atoms with Crippen LogP contribution >= 0.6 is 0 Å². The van der Waals surface area contributed by atoms with Crippen molar-refractivity contribution < 1.29 is 4.79 Å². The maximum atomic E-state index is 10.7. The molecular formula is C13H25N3O. The Kier molecular flexibility index (Phi) is 3.73. The van der Waals surface area contributed by atoms with Crippen LogP contribution < -0.4 is 0 Å². The van der Waals surface area contributed by atoms with Crippen LogP contribution in [0.5, 0.6) is 0 Å². The van der Waals surface area contributed by atoms with Gasteiger partial charge in [0.05, 0.1) is 0 Å². The third-order valence-electron chi connectivity index (χ3n) is 4.51. The van der Waals surface area contributed by atoms with Gasteiger partial charge < -0.3 is 4.90 Å². The molecule has 17 heavy (non-hydrogen) atoms. The van der Waals surface area contributed by atoms with E-state index in [1.165, 1.54) is 6.54 Å². The SMILES string of the molecule is CN1CCN(C2CCN(C=O)CC2)CC1(C)C. The van der Waals surface area contributed by atoms with E-state index >= 15 is 0 Å². The third-order valence-corrected chi connectivity index (χ3v) is 4.51. The van der Waals surface area contributed by atoms with Crippen molar-refractivity contribution in [1.29, 1.82) is 0 Å². The van der Waals surface area contributed by atoms with Gasteiger partial charge in [0.1, 0.15) is 0 Å². The van der Waals surface area contributed by atoms with Crippen molar-refractivity contribution in [3.63, 3.8) is 0 Å². The Morgan fingerprint density at radius 2 is 1.76 bits per heavy atom. The van der Waals surface area contributed by atoms with Crippen LogP contribution in [0.25, 0.3) is 0 Å². The molecule has 4 heteroatoms. The lowest BCUT2D eigenvalue weighted by molar-refractivity contribution is -0.119. The van der Waals surface area contributed by atoms with Gasteiger partial charge in [0.25, 0.3) is 0 Å². The molecule has 0 aliphatic carbocycles. The fourth-order valence-electron chi connectivity index (χ4n) is 2.95. The Bertz CT molecular complexity index is 272. The highest BCUT2D eigenvalue weighted by molar-refractivity contribution is 5.47. The standard InChI is InChI=1S/C13H25N3O/c1-13(2)10-16(9-8-14(13)3)12-4-6-15(11-17)7-5-12/h11-12H,4-10H2,1-3H3. The molecule has 0 aromatic rings. The predicted molar refractivity (Wildman–Crippen MR) is 68.9 cm³/mol. The minimum Gasteiger partial charge on any atom is -0.345 e. The Morgan fingerprint density at radius 3 is 2.29 bits per heavy atom. The zero-order valence-corrected chi connectivity index (χ0v) is 11.4. The highest BCUT2D eigenvalue weighted by Crippen LogP contribution is 2.24. The normalized spacial score (nSPS) is 28.3. The lowest BCUT2D eigenvalue weighted by atomic mass is 9.95. The summed E-state index contributed by atoms with van der Waals surface area (Å²) in [5.41, 5.74) is 0.278. The summed E-state index contributed by atoms with van der Waals surface area (Å²) in [4.78, 5) is 17.7. The van der Waals surface area contributed by atoms with Crippen molar-refractivity contribution in [3.05, 3.63) is 0 Å². The second-order valence-corrected chi connectivity index (χ2v) is 6.08. The first-order valence-corrected chi connectivity index (χ1v) is 6.67. The van der Waals surface area contributed by atoms with Gasteiger partial charge in [-0.3, -0.25) is 14.6 Å². The molecule has 0 aromatic carbocycles. The summed E-state index contributed by atoms with van der Waals surface area (Å²) in [7, 11) is 2.21. The quantitative estimate of drug-likeness (QED) is 0.661. The number of rotatable bonds is 2. The van der Waals surface area contributed by atoms with Gasteiger partial charge in [-0.1, -0.05) is 0 Å². The van der Waals surface area contributed by atoms with Gasteiger partial charge in [0.15, 0.2) is 0 Å². The number of piperidine rings is 1. The van der Waals surface area contributed by atoms with Crippen molar-refractivity contribution >= 4 is 6.41 Å². The molecule has 2 heterocycles. The second kappa shape index (κ2) is 4.94. The lowest BCUT2D eigenvalue weighted by Gasteiger charge is -2.49. The third kappa shape index (κ3) is 2.80. The number of likely N-dealkylation sites (N-methyl/N-ethyl adjacent to an activating group) is 1. The molecule has 0 saturated carbocycles. The van der Waals surface area contributed by atoms with E-state index in [0.29, 0.717) is 6.04 Å². The second-order valence-electron chi connectivity index (χ2n) is 6.08. The molecule has 0 N–H and O–H groups in total. The molecule has 0 radical (unpaired) electrons. The molecule has 0 atom stereocenters. The number of nitrogens with zero attached hydrogens (tertiary/aromatic N) is 3. The first-order valence-electron chi connectivity index (χ1n) is 6.67. The molecule has 4 nitrogen and oxygen atoms in total. The highest BCUT2D eigenvalue weighted by atomic mass is 16.1. The molecule has 2 aliphatic heterocycles. The van der Waals surface area contributed by atoms with E-state index in [1.807, 2.05) is 4.90 Å². The van der Waals surface area contributed by atoms with Crippen molar-refractivity contribution in [2.75, 3.05) is 39.8 Å². The molecule has 98 valence electrons. The number of likely N-dealkylation sites (tertiary alicyclic amines) is 1. The first-order chi connectivity index (χ1) is 8.03. The van der Waals surface area contributed by atoms with E-state index < -0.39 is 0 Å². The zero-order valence-electron chi connectivity index (χ0n) is 11.4. The minimum atomic E-state index is 0.278. The van der Waals surface area contributed by atoms with Crippen molar-refractivity contribution in [1.82, 2.24) is 14.7 Å². The van der Waals surface area contributed by atoms with Crippen LogP contribution in [0.2, 0.25) is 0 Å². The molecule has 0 unspecified atom stereocenters. The van der Waals surface area contributed by atoms with Crippen LogP contribution in [0.15, 0.2) is 0 Å². The van der Waals surface area contributed by atoms with Crippen LogP contribution in [0, 0.1) is 0 Å². The average Bonchev–Trinajstić information content (AvgIpc) is 2.33. The lowest BCUT2D eigenvalue weighted by Crippen LogP contribution is -2.60. The van der Waals surface area contributed by atoms with Crippen molar-refractivity contribution in [2.24, 2.45) is 0 Å². The van der Waals surface area contributed by atoms with Gasteiger partial charge in [-0.25, -0.2) is 0 Å². The molecule has 2 aliphatic rings. The highest BCUT2D eigenvalue weighted by Gasteiger charge is 2.34. The number of hydrogen-bond acceptors (Lipinski definition) is 3. The predicted octanol–water partition coefficient (Wildman–Crippen LogP) is 0.633. The molecule has 0 spiro atoms. The van der Waals surface area contributed by atoms with Gasteiger partial charge in [-0.2, -0.15) is 0 Å². The van der Waals surface area contributed by atoms with Gasteiger partial charge >= 0.3 is 0 Å². The fraction of sp³-hybridized carbons (Fsp3) is 0.923. The molecule has 2 saturated heterocycles. The van der Waals surface area contributed by atoms with Crippen molar-refractivity contribution in [2.45, 2.75) is 38.3 Å². The summed E-state index contributed by atoms with van der Waals surface area (Å²) in [6, 6.07) is 0.680. The minimum absolute atomic E-state index is 0.278. The van der Waals surface area contributed by atoms with Crippen LogP contribution in [0.4, 0.5) is 0 Å². The topological polar surface area (TPSA) is 26.8 Å². The number of amides is 1. The molecule has 0 aromatic heterocycles. The van der Waals surface area contributed by atoms with E-state index in [1.54, 1.807) is 0 Å². The summed E-state index contributed by atoms with van der Waals surface area (Å²) in [5.74, 6) is 0. The number of carbonyl (C=O) groups excluding carboxylic acids is 1. The zero-order chi connectivity index (χ0) is 12.5. The van der Waals surface area contributed by atoms with E-state index in [-0.39, 0.29) is 5.54 Å². The Balaban J connectivity index is 1.89. The largest absolute Gasteiger partial charge is 0.345 e. The Labute approximate surface area is 105 Å². The fourth-order valence-corrected chi connectivity index (χ4v) is 2.95. The van der Waals surface area contributed by atoms with Gasteiger partial charge in [-0.15, -0.1) is 0 Å². The van der Waals surface area contributed by atoms with Gasteiger partial charge in [0, 0.05) is 44.3 Å². The van der Waals surface area contributed by atoms with Crippen LogP contribution in [-0.2, 0) is 4.79 Å². The number of hydrogen-bond donors (Lipinski definition) is 0. The molecular weight excluding hydrogens is 214 g/mol. The first kappa shape index (κ1) is 12.8. The maximum absolute atomic E-state index is 10.7. The maximum Gasteiger partial charge on any atom is 0.209 e. The van der Waals surface area contributed by atoms with Crippen LogP contribution in [0.1, 0.15) is 26.7 Å². The Hall–Kier alpha value is -0.610. The van der Waals surface area contributed by atoms with Crippen molar-refractivity contribution in [3.8, 4) is 0 Å². The van der Waals surface area contributed by atoms with E-state index in [4.69, 9.17) is 0 Å². The van der Waals surface area contributed by atoms with Crippen LogP contribution in [0.3, 0.4) is 0 Å². The smallest absolute Gasteiger partial charge is 0.209 e. The van der Waals surface area contributed by atoms with E-state index in [2.05, 4.69) is 30.7 Å². The summed E-state index contributed by atoms with van der Waals surface area (Å²) < 4.78 is 0. The summed E-state index contributed by atoms with van der Waals surface area (Å²) in [5, 5.41) is 0. The van der Waals surface area contributed by atoms with E-state index in [9.17, 15) is 4.79 Å². The molecule has 2 rings (SSSR count). The molecule has 0 bridgehead atoms. The molecule has 1 amide bonds. The van der Waals surface area contributed by atoms with Gasteiger partial charge in [0.2, 0.25) is 6.41 Å². The number of carbonyl (C=O) groups is 1. The monoisotopic (exact) mass is 239 g/mol. The summed E-state index contributed by atoms with van der Waals surface area (Å²) in [6.07, 6.45) is 3.27. The summed E-state index contributed by atoms with van der Waals surface area (Å²) in [6.45, 7) is 9.98. The molecule has 2 fully saturated rings. The van der Waals surface area contributed by atoms with E-state index in [0.717, 1.165) is 45.4 Å². The average molecular weight is 239 g/mol. The van der Waals surface area contributed by atoms with Gasteiger partial charge in [-0.05, 0) is 33.7 Å². The van der Waals surface area contributed by atoms with Crippen LogP contribution in [-0.4, -0.2) is 72.5 Å².